The van der Waals surface area contributed by atoms with Crippen LogP contribution in [0.25, 0.3) is 5.69 Å². The summed E-state index contributed by atoms with van der Waals surface area (Å²) in [4.78, 5) is 13.1. The van der Waals surface area contributed by atoms with Crippen molar-refractivity contribution in [2.24, 2.45) is 0 Å². The first-order chi connectivity index (χ1) is 9.66. The maximum atomic E-state index is 11.5. The minimum absolute atomic E-state index is 0.164. The van der Waals surface area contributed by atoms with Gasteiger partial charge in [0.05, 0.1) is 5.69 Å². The number of hydrogen-bond acceptors (Lipinski definition) is 3. The minimum atomic E-state index is 0.164. The third-order valence-electron chi connectivity index (χ3n) is 3.01. The third-order valence-corrected chi connectivity index (χ3v) is 3.01. The number of nitrogens with one attached hydrogen (secondary N) is 1. The quantitative estimate of drug-likeness (QED) is 0.820. The molecule has 5 nitrogen and oxygen atoms in total. The molecule has 0 radical (unpaired) electrons. The number of carbonyl (C=O) groups is 1. The molecule has 0 aliphatic carbocycles. The fourth-order valence-electron chi connectivity index (χ4n) is 1.88. The van der Waals surface area contributed by atoms with Gasteiger partial charge in [0.15, 0.2) is 0 Å². The lowest BCUT2D eigenvalue weighted by Gasteiger charge is -2.11. The molecule has 0 aliphatic rings. The fourth-order valence-corrected chi connectivity index (χ4v) is 1.88. The van der Waals surface area contributed by atoms with Crippen LogP contribution in [0.1, 0.15) is 12.8 Å². The highest BCUT2D eigenvalue weighted by Crippen LogP contribution is 2.13. The van der Waals surface area contributed by atoms with Crippen LogP contribution >= 0.6 is 0 Å². The van der Waals surface area contributed by atoms with Crippen LogP contribution in [-0.2, 0) is 4.79 Å². The van der Waals surface area contributed by atoms with E-state index in [-0.39, 0.29) is 5.91 Å². The highest BCUT2D eigenvalue weighted by Gasteiger charge is 2.03. The minimum Gasteiger partial charge on any atom is -0.385 e. The summed E-state index contributed by atoms with van der Waals surface area (Å²) in [5, 5.41) is 7.53. The second-order valence-corrected chi connectivity index (χ2v) is 4.82. The highest BCUT2D eigenvalue weighted by molar-refractivity contribution is 5.75. The number of carbonyl (C=O) groups excluding carboxylic acids is 1. The maximum Gasteiger partial charge on any atom is 0.222 e. The average molecular weight is 272 g/mol. The monoisotopic (exact) mass is 272 g/mol. The number of rotatable bonds is 6. The van der Waals surface area contributed by atoms with Crippen LogP contribution in [0.3, 0.4) is 0 Å². The van der Waals surface area contributed by atoms with Crippen molar-refractivity contribution in [2.45, 2.75) is 12.8 Å². The van der Waals surface area contributed by atoms with E-state index in [1.54, 1.807) is 25.2 Å². The van der Waals surface area contributed by atoms with Crippen molar-refractivity contribution in [1.29, 1.82) is 0 Å². The second kappa shape index (κ2) is 6.75. The van der Waals surface area contributed by atoms with Crippen molar-refractivity contribution in [3.8, 4) is 5.69 Å². The highest BCUT2D eigenvalue weighted by atomic mass is 16.2. The predicted octanol–water partition coefficient (Wildman–Crippen LogP) is 2.15. The van der Waals surface area contributed by atoms with E-state index < -0.39 is 0 Å². The zero-order valence-corrected chi connectivity index (χ0v) is 11.9. The normalized spacial score (nSPS) is 10.3. The van der Waals surface area contributed by atoms with Gasteiger partial charge in [0.1, 0.15) is 0 Å². The van der Waals surface area contributed by atoms with Gasteiger partial charge in [0.25, 0.3) is 0 Å². The smallest absolute Gasteiger partial charge is 0.222 e. The number of aromatic nitrogens is 2. The van der Waals surface area contributed by atoms with Gasteiger partial charge in [0.2, 0.25) is 5.91 Å². The largest absolute Gasteiger partial charge is 0.385 e. The van der Waals surface area contributed by atoms with Gasteiger partial charge in [-0.3, -0.25) is 4.79 Å². The van der Waals surface area contributed by atoms with Gasteiger partial charge in [-0.1, -0.05) is 6.07 Å². The third kappa shape index (κ3) is 3.85. The van der Waals surface area contributed by atoms with Gasteiger partial charge in [-0.15, -0.1) is 0 Å². The summed E-state index contributed by atoms with van der Waals surface area (Å²) in [6.45, 7) is 0.780. The van der Waals surface area contributed by atoms with Gasteiger partial charge in [-0.2, -0.15) is 5.10 Å². The molecule has 1 aromatic carbocycles. The molecule has 20 heavy (non-hydrogen) atoms. The Morgan fingerprint density at radius 3 is 2.90 bits per heavy atom. The first-order valence-electron chi connectivity index (χ1n) is 6.71. The summed E-state index contributed by atoms with van der Waals surface area (Å²) < 4.78 is 1.82. The lowest BCUT2D eigenvalue weighted by molar-refractivity contribution is -0.128. The molecule has 5 heteroatoms. The van der Waals surface area contributed by atoms with Crippen LogP contribution in [0.5, 0.6) is 0 Å². The lowest BCUT2D eigenvalue weighted by Crippen LogP contribution is -2.22. The van der Waals surface area contributed by atoms with E-state index in [1.165, 1.54) is 0 Å². The number of hydrogen-bond donors (Lipinski definition) is 1. The molecule has 0 bridgehead atoms. The van der Waals surface area contributed by atoms with Crippen molar-refractivity contribution in [1.82, 2.24) is 14.7 Å². The van der Waals surface area contributed by atoms with Crippen LogP contribution in [0, 0.1) is 0 Å². The summed E-state index contributed by atoms with van der Waals surface area (Å²) in [6.07, 6.45) is 5.06. The van der Waals surface area contributed by atoms with E-state index in [1.807, 2.05) is 41.2 Å². The fraction of sp³-hybridized carbons (Fsp3) is 0.333. The van der Waals surface area contributed by atoms with Crippen LogP contribution in [0.2, 0.25) is 0 Å². The Balaban J connectivity index is 1.85. The summed E-state index contributed by atoms with van der Waals surface area (Å²) in [5.41, 5.74) is 2.06. The number of anilines is 1. The van der Waals surface area contributed by atoms with E-state index in [2.05, 4.69) is 10.4 Å². The molecule has 1 heterocycles. The summed E-state index contributed by atoms with van der Waals surface area (Å²) in [5.74, 6) is 0.164. The van der Waals surface area contributed by atoms with Crippen molar-refractivity contribution in [2.75, 3.05) is 26.0 Å². The Morgan fingerprint density at radius 2 is 2.20 bits per heavy atom. The maximum absolute atomic E-state index is 11.5. The molecule has 0 unspecified atom stereocenters. The van der Waals surface area contributed by atoms with Gasteiger partial charge in [0, 0.05) is 45.1 Å². The van der Waals surface area contributed by atoms with E-state index >= 15 is 0 Å². The van der Waals surface area contributed by atoms with Crippen LogP contribution in [0.15, 0.2) is 42.7 Å². The molecule has 2 aromatic rings. The molecule has 1 N–H and O–H groups in total. The van der Waals surface area contributed by atoms with Gasteiger partial charge < -0.3 is 10.2 Å². The molecular weight excluding hydrogens is 252 g/mol. The summed E-state index contributed by atoms with van der Waals surface area (Å²) >= 11 is 0. The van der Waals surface area contributed by atoms with Crippen LogP contribution < -0.4 is 5.32 Å². The molecule has 0 atom stereocenters. The average Bonchev–Trinajstić information content (AvgIpc) is 2.97. The van der Waals surface area contributed by atoms with E-state index in [9.17, 15) is 4.79 Å². The molecule has 0 saturated heterocycles. The van der Waals surface area contributed by atoms with E-state index in [0.29, 0.717) is 6.42 Å². The first kappa shape index (κ1) is 14.1. The van der Waals surface area contributed by atoms with Gasteiger partial charge in [-0.25, -0.2) is 4.68 Å². The Labute approximate surface area is 119 Å². The molecule has 0 fully saturated rings. The predicted molar refractivity (Wildman–Crippen MR) is 80.0 cm³/mol. The number of benzene rings is 1. The number of nitrogens with zero attached hydrogens (tertiary/aromatic N) is 3. The van der Waals surface area contributed by atoms with Gasteiger partial charge in [-0.05, 0) is 30.7 Å². The molecule has 2 rings (SSSR count). The Kier molecular flexibility index (Phi) is 4.76. The topological polar surface area (TPSA) is 50.2 Å². The molecule has 1 amide bonds. The molecular formula is C15H20N4O. The molecule has 1 aromatic heterocycles. The van der Waals surface area contributed by atoms with Crippen molar-refractivity contribution in [3.05, 3.63) is 42.7 Å². The van der Waals surface area contributed by atoms with Crippen molar-refractivity contribution >= 4 is 11.6 Å². The Morgan fingerprint density at radius 1 is 1.35 bits per heavy atom. The molecule has 106 valence electrons. The zero-order valence-electron chi connectivity index (χ0n) is 11.9. The molecule has 0 aliphatic heterocycles. The lowest BCUT2D eigenvalue weighted by atomic mass is 10.2. The Hall–Kier alpha value is -2.30. The van der Waals surface area contributed by atoms with E-state index in [4.69, 9.17) is 0 Å². The first-order valence-corrected chi connectivity index (χ1v) is 6.71. The summed E-state index contributed by atoms with van der Waals surface area (Å²) in [6, 6.07) is 9.95. The summed E-state index contributed by atoms with van der Waals surface area (Å²) in [7, 11) is 3.56. The SMILES string of the molecule is CN(C)C(=O)CCCNc1cccc(-n2cccn2)c1. The number of amides is 1. The van der Waals surface area contributed by atoms with Crippen molar-refractivity contribution < 1.29 is 4.79 Å². The second-order valence-electron chi connectivity index (χ2n) is 4.82. The van der Waals surface area contributed by atoms with Crippen LogP contribution in [-0.4, -0.2) is 41.2 Å². The molecule has 0 spiro atoms. The van der Waals surface area contributed by atoms with E-state index in [0.717, 1.165) is 24.3 Å². The van der Waals surface area contributed by atoms with Gasteiger partial charge >= 0.3 is 0 Å². The zero-order chi connectivity index (χ0) is 14.4. The molecule has 0 saturated carbocycles. The van der Waals surface area contributed by atoms with Crippen molar-refractivity contribution in [3.63, 3.8) is 0 Å². The standard InChI is InChI=1S/C15H20N4O/c1-18(2)15(20)8-4-9-16-13-6-3-7-14(12-13)19-11-5-10-17-19/h3,5-7,10-12,16H,4,8-9H2,1-2H3. The van der Waals surface area contributed by atoms with Crippen LogP contribution in [0.4, 0.5) is 5.69 Å². The Bertz CT molecular complexity index is 549.